The Bertz CT molecular complexity index is 813. The molecule has 2 unspecified atom stereocenters. The second kappa shape index (κ2) is 35.0. The normalized spacial score (nSPS) is 16.3. The summed E-state index contributed by atoms with van der Waals surface area (Å²) in [6.45, 7) is 5.44. The molecule has 0 heterocycles. The molecule has 0 amide bonds. The Morgan fingerprint density at radius 3 is 1.27 bits per heavy atom. The highest BCUT2D eigenvalue weighted by Crippen LogP contribution is 2.27. The van der Waals surface area contributed by atoms with E-state index in [-0.39, 0.29) is 11.9 Å². The highest BCUT2D eigenvalue weighted by Gasteiger charge is 2.35. The molecule has 0 spiro atoms. The van der Waals surface area contributed by atoms with Crippen LogP contribution in [0.5, 0.6) is 0 Å². The van der Waals surface area contributed by atoms with E-state index in [0.29, 0.717) is 19.6 Å². The van der Waals surface area contributed by atoms with Gasteiger partial charge in [0.2, 0.25) is 0 Å². The Morgan fingerprint density at radius 2 is 0.854 bits per heavy atom. The van der Waals surface area contributed by atoms with Crippen LogP contribution in [-0.2, 0) is 19.1 Å². The quantitative estimate of drug-likeness (QED) is 0.0388. The lowest BCUT2D eigenvalue weighted by Gasteiger charge is -2.24. The van der Waals surface area contributed by atoms with Gasteiger partial charge in [0.05, 0.1) is 25.0 Å². The van der Waals surface area contributed by atoms with E-state index in [2.05, 4.69) is 38.2 Å². The van der Waals surface area contributed by atoms with E-state index in [9.17, 15) is 9.59 Å². The van der Waals surface area contributed by atoms with Crippen molar-refractivity contribution in [3.8, 4) is 0 Å². The van der Waals surface area contributed by atoms with E-state index in [1.807, 2.05) is 12.2 Å². The van der Waals surface area contributed by atoms with E-state index in [0.717, 1.165) is 32.1 Å². The molecule has 0 N–H and O–H groups in total. The minimum absolute atomic E-state index is 0.230. The molecule has 1 aliphatic carbocycles. The molecule has 0 saturated heterocycles. The summed E-state index contributed by atoms with van der Waals surface area (Å²) in [6.07, 6.45) is 50.1. The minimum atomic E-state index is -0.500. The van der Waals surface area contributed by atoms with E-state index >= 15 is 0 Å². The molecule has 0 aliphatic heterocycles. The molecule has 48 heavy (non-hydrogen) atoms. The lowest BCUT2D eigenvalue weighted by molar-refractivity contribution is -0.159. The van der Waals surface area contributed by atoms with Gasteiger partial charge in [0.1, 0.15) is 0 Å². The number of carbonyl (C=O) groups excluding carboxylic acids is 2. The van der Waals surface area contributed by atoms with Gasteiger partial charge in [0.25, 0.3) is 0 Å². The van der Waals surface area contributed by atoms with Gasteiger partial charge in [-0.3, -0.25) is 9.59 Å². The summed E-state index contributed by atoms with van der Waals surface area (Å²) in [7, 11) is 0. The average molecular weight is 671 g/mol. The Hall–Kier alpha value is -1.84. The molecule has 1 aliphatic rings. The highest BCUT2D eigenvalue weighted by atomic mass is 16.5. The summed E-state index contributed by atoms with van der Waals surface area (Å²) in [5, 5.41) is 0. The maximum Gasteiger partial charge on any atom is 0.313 e. The Balaban J connectivity index is 1.99. The number of hydrogen-bond acceptors (Lipinski definition) is 4. The third kappa shape index (κ3) is 27.0. The highest BCUT2D eigenvalue weighted by molar-refractivity contribution is 5.83. The third-order valence-electron chi connectivity index (χ3n) is 9.80. The fourth-order valence-electron chi connectivity index (χ4n) is 6.59. The first-order valence-corrected chi connectivity index (χ1v) is 21.0. The fraction of sp³-hybridized carbons (Fsp3) is 0.818. The first-order valence-electron chi connectivity index (χ1n) is 21.0. The van der Waals surface area contributed by atoms with E-state index in [1.165, 1.54) is 154 Å². The van der Waals surface area contributed by atoms with E-state index in [4.69, 9.17) is 9.47 Å². The topological polar surface area (TPSA) is 52.6 Å². The van der Waals surface area contributed by atoms with Crippen LogP contribution in [0.3, 0.4) is 0 Å². The minimum Gasteiger partial charge on any atom is -0.465 e. The second-order valence-corrected chi connectivity index (χ2v) is 14.3. The van der Waals surface area contributed by atoms with Crippen LogP contribution in [0, 0.1) is 11.8 Å². The molecule has 0 bridgehead atoms. The third-order valence-corrected chi connectivity index (χ3v) is 9.80. The molecular formula is C44H78O4. The summed E-state index contributed by atoms with van der Waals surface area (Å²) in [5.41, 5.74) is 0. The predicted octanol–water partition coefficient (Wildman–Crippen LogP) is 13.7. The number of esters is 2. The van der Waals surface area contributed by atoms with Gasteiger partial charge in [-0.2, -0.15) is 0 Å². The largest absolute Gasteiger partial charge is 0.465 e. The predicted molar refractivity (Wildman–Crippen MR) is 206 cm³/mol. The van der Waals surface area contributed by atoms with Crippen molar-refractivity contribution >= 4 is 11.9 Å². The zero-order valence-corrected chi connectivity index (χ0v) is 31.9. The van der Waals surface area contributed by atoms with Crippen LogP contribution >= 0.6 is 0 Å². The van der Waals surface area contributed by atoms with Crippen LogP contribution in [0.1, 0.15) is 206 Å². The van der Waals surface area contributed by atoms with Crippen molar-refractivity contribution < 1.29 is 19.1 Å². The van der Waals surface area contributed by atoms with E-state index < -0.39 is 11.8 Å². The molecule has 0 aromatic rings. The average Bonchev–Trinajstić information content (AvgIpc) is 3.10. The first-order chi connectivity index (χ1) is 23.7. The molecule has 278 valence electrons. The van der Waals surface area contributed by atoms with Gasteiger partial charge < -0.3 is 9.47 Å². The van der Waals surface area contributed by atoms with Gasteiger partial charge in [-0.25, -0.2) is 0 Å². The van der Waals surface area contributed by atoms with Crippen molar-refractivity contribution in [2.75, 3.05) is 13.2 Å². The van der Waals surface area contributed by atoms with Gasteiger partial charge in [0, 0.05) is 0 Å². The number of hydrogen-bond donors (Lipinski definition) is 0. The molecular weight excluding hydrogens is 592 g/mol. The number of ether oxygens (including phenoxy) is 2. The molecule has 2 atom stereocenters. The van der Waals surface area contributed by atoms with Crippen LogP contribution < -0.4 is 0 Å². The van der Waals surface area contributed by atoms with Crippen LogP contribution in [0.2, 0.25) is 0 Å². The summed E-state index contributed by atoms with van der Waals surface area (Å²) >= 11 is 0. The van der Waals surface area contributed by atoms with Gasteiger partial charge in [-0.15, -0.1) is 0 Å². The zero-order chi connectivity index (χ0) is 34.6. The Kier molecular flexibility index (Phi) is 32.2. The standard InChI is InChI=1S/C44H78O4/c1-3-5-7-9-11-13-15-17-19-21-23-25-27-29-31-35-39-47-43(45)41-37-33-34-38-42(41)44(46)48-40-36-32-30-28-26-24-22-20-18-16-14-12-10-8-6-4-2/h17-20,33,37,41-42H,3-16,21-32,34-36,38-40H2,1-2H3/b19-17-,20-18-. The molecule has 0 fully saturated rings. The van der Waals surface area contributed by atoms with Crippen LogP contribution in [0.4, 0.5) is 0 Å². The molecule has 0 aromatic carbocycles. The number of unbranched alkanes of at least 4 members (excludes halogenated alkanes) is 24. The molecule has 0 aromatic heterocycles. The van der Waals surface area contributed by atoms with Crippen molar-refractivity contribution in [2.45, 2.75) is 206 Å². The summed E-state index contributed by atoms with van der Waals surface area (Å²) in [6, 6.07) is 0. The van der Waals surface area contributed by atoms with Crippen LogP contribution in [-0.4, -0.2) is 25.2 Å². The molecule has 1 rings (SSSR count). The van der Waals surface area contributed by atoms with Gasteiger partial charge in [-0.1, -0.05) is 166 Å². The lowest BCUT2D eigenvalue weighted by atomic mass is 9.84. The van der Waals surface area contributed by atoms with Gasteiger partial charge >= 0.3 is 11.9 Å². The summed E-state index contributed by atoms with van der Waals surface area (Å²) < 4.78 is 11.2. The molecule has 4 nitrogen and oxygen atoms in total. The van der Waals surface area contributed by atoms with E-state index in [1.54, 1.807) is 0 Å². The van der Waals surface area contributed by atoms with Crippen molar-refractivity contribution in [1.29, 1.82) is 0 Å². The maximum atomic E-state index is 12.8. The molecule has 0 radical (unpaired) electrons. The number of allylic oxidation sites excluding steroid dienone is 5. The number of carbonyl (C=O) groups is 2. The zero-order valence-electron chi connectivity index (χ0n) is 31.9. The van der Waals surface area contributed by atoms with Crippen molar-refractivity contribution in [3.63, 3.8) is 0 Å². The Labute approximate surface area is 298 Å². The SMILES string of the molecule is CCCCCCCC/C=C\CCCCCCCCOC(=O)C1C=CCCC1C(=O)OCCCCCCCC/C=C\CCCCCCCC. The maximum absolute atomic E-state index is 12.8. The first kappa shape index (κ1) is 44.2. The van der Waals surface area contributed by atoms with Gasteiger partial charge in [-0.05, 0) is 77.0 Å². The monoisotopic (exact) mass is 671 g/mol. The summed E-state index contributed by atoms with van der Waals surface area (Å²) in [4.78, 5) is 25.6. The second-order valence-electron chi connectivity index (χ2n) is 14.3. The van der Waals surface area contributed by atoms with Crippen molar-refractivity contribution in [1.82, 2.24) is 0 Å². The van der Waals surface area contributed by atoms with Crippen LogP contribution in [0.25, 0.3) is 0 Å². The smallest absolute Gasteiger partial charge is 0.313 e. The lowest BCUT2D eigenvalue weighted by Crippen LogP contribution is -2.33. The fourth-order valence-corrected chi connectivity index (χ4v) is 6.59. The van der Waals surface area contributed by atoms with Crippen molar-refractivity contribution in [2.24, 2.45) is 11.8 Å². The summed E-state index contributed by atoms with van der Waals surface area (Å²) in [5.74, 6) is -1.40. The van der Waals surface area contributed by atoms with Crippen LogP contribution in [0.15, 0.2) is 36.5 Å². The molecule has 0 saturated carbocycles. The Morgan fingerprint density at radius 1 is 0.500 bits per heavy atom. The van der Waals surface area contributed by atoms with Crippen molar-refractivity contribution in [3.05, 3.63) is 36.5 Å². The molecule has 4 heteroatoms. The number of rotatable bonds is 34. The van der Waals surface area contributed by atoms with Gasteiger partial charge in [0.15, 0.2) is 0 Å².